The first-order chi connectivity index (χ1) is 17.0. The van der Waals surface area contributed by atoms with Crippen LogP contribution in [-0.2, 0) is 24.2 Å². The molecule has 0 aliphatic carbocycles. The Morgan fingerprint density at radius 3 is 2.08 bits per heavy atom. The van der Waals surface area contributed by atoms with Crippen LogP contribution in [0.2, 0.25) is 0 Å². The minimum absolute atomic E-state index is 0.0315. The maximum Gasteiger partial charge on any atom is 0.241 e. The Kier molecular flexibility index (Phi) is 23.2. The van der Waals surface area contributed by atoms with Gasteiger partial charge in [-0.05, 0) is 42.9 Å². The molecule has 0 aliphatic heterocycles. The van der Waals surface area contributed by atoms with Gasteiger partial charge in [-0.25, -0.2) is 9.67 Å². The van der Waals surface area contributed by atoms with E-state index >= 15 is 0 Å². The summed E-state index contributed by atoms with van der Waals surface area (Å²) < 4.78 is 1.60. The van der Waals surface area contributed by atoms with Gasteiger partial charge >= 0.3 is 0 Å². The van der Waals surface area contributed by atoms with Crippen molar-refractivity contribution in [2.24, 2.45) is 10.8 Å². The van der Waals surface area contributed by atoms with E-state index in [0.29, 0.717) is 12.5 Å². The van der Waals surface area contributed by atoms with Crippen molar-refractivity contribution in [3.63, 3.8) is 0 Å². The van der Waals surface area contributed by atoms with Crippen molar-refractivity contribution in [1.29, 1.82) is 0 Å². The Morgan fingerprint density at radius 1 is 1.00 bits per heavy atom. The molecule has 0 spiro atoms. The van der Waals surface area contributed by atoms with Gasteiger partial charge in [0, 0.05) is 18.4 Å². The predicted molar refractivity (Wildman–Crippen MR) is 156 cm³/mol. The van der Waals surface area contributed by atoms with Crippen LogP contribution in [0.1, 0.15) is 121 Å². The molecule has 0 bridgehead atoms. The average molecular weight is 510 g/mol. The van der Waals surface area contributed by atoms with Crippen molar-refractivity contribution in [1.82, 2.24) is 30.3 Å². The number of aromatic nitrogens is 5. The van der Waals surface area contributed by atoms with Gasteiger partial charge in [0.1, 0.15) is 6.54 Å². The number of hydrogen-bond donors (Lipinski definition) is 3. The number of aromatic amines is 1. The van der Waals surface area contributed by atoms with Crippen LogP contribution in [0.4, 0.5) is 5.95 Å². The van der Waals surface area contributed by atoms with E-state index in [-0.39, 0.29) is 23.3 Å². The Balaban J connectivity index is -0.00000124. The van der Waals surface area contributed by atoms with E-state index in [1.165, 1.54) is 0 Å². The van der Waals surface area contributed by atoms with Crippen LogP contribution in [0, 0.1) is 10.8 Å². The number of imidazole rings is 1. The van der Waals surface area contributed by atoms with Crippen LogP contribution < -0.4 is 11.1 Å². The first-order valence-corrected chi connectivity index (χ1v) is 14.0. The SMILES string of the molecule is CC.CC.CC.CC.CC(C)(C)CC(C)(C)CCNC(=O)Cn1cc(CCCc2cnc(N)[nH]2)nn1. The molecule has 0 aliphatic rings. The molecular weight excluding hydrogens is 450 g/mol. The smallest absolute Gasteiger partial charge is 0.241 e. The van der Waals surface area contributed by atoms with Crippen LogP contribution in [0.3, 0.4) is 0 Å². The summed E-state index contributed by atoms with van der Waals surface area (Å²) in [6, 6.07) is 0. The number of nitrogens with one attached hydrogen (secondary N) is 2. The number of carbonyl (C=O) groups excluding carboxylic acids is 1. The number of anilines is 1. The third-order valence-electron chi connectivity index (χ3n) is 4.55. The van der Waals surface area contributed by atoms with Crippen molar-refractivity contribution < 1.29 is 4.79 Å². The molecular formula is C28H59N7O. The van der Waals surface area contributed by atoms with Crippen molar-refractivity contribution in [2.45, 2.75) is 129 Å². The predicted octanol–water partition coefficient (Wildman–Crippen LogP) is 6.83. The maximum absolute atomic E-state index is 12.2. The van der Waals surface area contributed by atoms with E-state index in [0.717, 1.165) is 43.5 Å². The number of carbonyl (C=O) groups is 1. The van der Waals surface area contributed by atoms with Crippen LogP contribution >= 0.6 is 0 Å². The third-order valence-corrected chi connectivity index (χ3v) is 4.55. The number of nitrogens with zero attached hydrogens (tertiary/aromatic N) is 4. The van der Waals surface area contributed by atoms with Gasteiger partial charge in [0.25, 0.3) is 0 Å². The molecule has 2 aromatic rings. The molecule has 0 unspecified atom stereocenters. The summed E-state index contributed by atoms with van der Waals surface area (Å²) in [6.07, 6.45) is 8.22. The topological polar surface area (TPSA) is 115 Å². The van der Waals surface area contributed by atoms with E-state index in [9.17, 15) is 4.79 Å². The summed E-state index contributed by atoms with van der Waals surface area (Å²) in [7, 11) is 0. The molecule has 0 saturated carbocycles. The zero-order chi connectivity index (χ0) is 28.8. The number of rotatable bonds is 10. The Hall–Kier alpha value is -2.38. The Bertz CT molecular complexity index is 758. The lowest BCUT2D eigenvalue weighted by Crippen LogP contribution is -2.32. The monoisotopic (exact) mass is 509 g/mol. The molecule has 36 heavy (non-hydrogen) atoms. The number of H-pyrrole nitrogens is 1. The number of hydrogen-bond acceptors (Lipinski definition) is 5. The molecule has 0 aromatic carbocycles. The van der Waals surface area contributed by atoms with Gasteiger partial charge in [0.15, 0.2) is 5.95 Å². The molecule has 0 atom stereocenters. The fourth-order valence-electron chi connectivity index (χ4n) is 3.76. The number of amides is 1. The van der Waals surface area contributed by atoms with Crippen LogP contribution in [0.25, 0.3) is 0 Å². The van der Waals surface area contributed by atoms with E-state index in [1.807, 2.05) is 61.6 Å². The molecule has 8 heteroatoms. The van der Waals surface area contributed by atoms with Crippen LogP contribution in [0.15, 0.2) is 12.4 Å². The minimum Gasteiger partial charge on any atom is -0.369 e. The van der Waals surface area contributed by atoms with Crippen molar-refractivity contribution in [3.8, 4) is 0 Å². The van der Waals surface area contributed by atoms with E-state index < -0.39 is 0 Å². The highest BCUT2D eigenvalue weighted by Gasteiger charge is 2.25. The second-order valence-electron chi connectivity index (χ2n) is 9.56. The highest BCUT2D eigenvalue weighted by molar-refractivity contribution is 5.75. The van der Waals surface area contributed by atoms with Gasteiger partial charge in [-0.15, -0.1) is 5.10 Å². The number of nitrogens with two attached hydrogens (primary N) is 1. The molecule has 2 aromatic heterocycles. The van der Waals surface area contributed by atoms with E-state index in [2.05, 4.69) is 60.2 Å². The fraction of sp³-hybridized carbons (Fsp3) is 0.786. The summed E-state index contributed by atoms with van der Waals surface area (Å²) in [6.45, 7) is 28.1. The molecule has 0 radical (unpaired) electrons. The third kappa shape index (κ3) is 19.9. The second kappa shape index (κ2) is 21.9. The lowest BCUT2D eigenvalue weighted by molar-refractivity contribution is -0.121. The highest BCUT2D eigenvalue weighted by atomic mass is 16.2. The first kappa shape index (κ1) is 38.2. The summed E-state index contributed by atoms with van der Waals surface area (Å²) >= 11 is 0. The summed E-state index contributed by atoms with van der Waals surface area (Å²) in [5.74, 6) is 0.407. The lowest BCUT2D eigenvalue weighted by atomic mass is 9.74. The van der Waals surface area contributed by atoms with Gasteiger partial charge < -0.3 is 16.0 Å². The molecule has 212 valence electrons. The van der Waals surface area contributed by atoms with Crippen LogP contribution in [-0.4, -0.2) is 37.4 Å². The second-order valence-corrected chi connectivity index (χ2v) is 9.56. The van der Waals surface area contributed by atoms with Gasteiger partial charge in [-0.1, -0.05) is 95.2 Å². The van der Waals surface area contributed by atoms with Crippen molar-refractivity contribution >= 4 is 11.9 Å². The summed E-state index contributed by atoms with van der Waals surface area (Å²) in [5, 5.41) is 11.2. The maximum atomic E-state index is 12.2. The first-order valence-electron chi connectivity index (χ1n) is 14.0. The summed E-state index contributed by atoms with van der Waals surface area (Å²) in [5.41, 5.74) is 7.95. The van der Waals surface area contributed by atoms with Crippen LogP contribution in [0.5, 0.6) is 0 Å². The normalized spacial score (nSPS) is 10.2. The molecule has 8 nitrogen and oxygen atoms in total. The molecule has 4 N–H and O–H groups in total. The zero-order valence-electron chi connectivity index (χ0n) is 25.9. The largest absolute Gasteiger partial charge is 0.369 e. The highest BCUT2D eigenvalue weighted by Crippen LogP contribution is 2.35. The standard InChI is InChI=1S/C20H35N7O.4C2H6/c1-19(2,3)14-20(4,5)9-10-22-17(28)13-27-12-16(25-26-27)8-6-7-15-11-23-18(21)24-15;4*1-2/h11-12H,6-10,13-14H2,1-5H3,(H,22,28)(H3,21,23,24);4*1-2H3. The van der Waals surface area contributed by atoms with Gasteiger partial charge in [0.2, 0.25) is 5.91 Å². The van der Waals surface area contributed by atoms with Gasteiger partial charge in [-0.2, -0.15) is 0 Å². The van der Waals surface area contributed by atoms with Gasteiger partial charge in [0.05, 0.1) is 11.9 Å². The molecule has 2 rings (SSSR count). The average Bonchev–Trinajstić information content (AvgIpc) is 3.46. The zero-order valence-corrected chi connectivity index (χ0v) is 25.9. The minimum atomic E-state index is -0.0315. The summed E-state index contributed by atoms with van der Waals surface area (Å²) in [4.78, 5) is 19.2. The lowest BCUT2D eigenvalue weighted by Gasteiger charge is -2.32. The Morgan fingerprint density at radius 2 is 1.58 bits per heavy atom. The Labute approximate surface area is 222 Å². The van der Waals surface area contributed by atoms with E-state index in [4.69, 9.17) is 5.73 Å². The molecule has 0 fully saturated rings. The number of aryl methyl sites for hydroxylation is 2. The van der Waals surface area contributed by atoms with Gasteiger partial charge in [-0.3, -0.25) is 4.79 Å². The van der Waals surface area contributed by atoms with Crippen molar-refractivity contribution in [3.05, 3.63) is 23.8 Å². The molecule has 1 amide bonds. The molecule has 2 heterocycles. The number of nitrogen functional groups attached to an aromatic ring is 1. The quantitative estimate of drug-likeness (QED) is 0.324. The molecule has 0 saturated heterocycles. The van der Waals surface area contributed by atoms with E-state index in [1.54, 1.807) is 10.9 Å². The fourth-order valence-corrected chi connectivity index (χ4v) is 3.76. The van der Waals surface area contributed by atoms with Crippen molar-refractivity contribution in [2.75, 3.05) is 12.3 Å².